The van der Waals surface area contributed by atoms with E-state index >= 15 is 0 Å². The minimum absolute atomic E-state index is 0.113. The number of fused-ring (bicyclic) bond motifs is 3. The van der Waals surface area contributed by atoms with Crippen LogP contribution in [-0.4, -0.2) is 41.9 Å². The van der Waals surface area contributed by atoms with Crippen LogP contribution in [0.25, 0.3) is 33.9 Å². The van der Waals surface area contributed by atoms with E-state index in [-0.39, 0.29) is 13.2 Å². The summed E-state index contributed by atoms with van der Waals surface area (Å²) in [6.07, 6.45) is 2.16. The number of aliphatic hydroxyl groups is 1. The first-order valence-electron chi connectivity index (χ1n) is 10.6. The van der Waals surface area contributed by atoms with E-state index in [2.05, 4.69) is 0 Å². The molecule has 3 heterocycles. The second kappa shape index (κ2) is 8.10. The molecule has 0 aliphatic carbocycles. The van der Waals surface area contributed by atoms with Crippen molar-refractivity contribution in [2.45, 2.75) is 13.0 Å². The summed E-state index contributed by atoms with van der Waals surface area (Å²) in [5.74, 6) is 1.13. The predicted octanol–water partition coefficient (Wildman–Crippen LogP) is 2.20. The van der Waals surface area contributed by atoms with Crippen molar-refractivity contribution in [3.05, 3.63) is 81.6 Å². The summed E-state index contributed by atoms with van der Waals surface area (Å²) in [5, 5.41) is 9.21. The lowest BCUT2D eigenvalue weighted by Gasteiger charge is -2.13. The molecular weight excluding hydrogens is 422 g/mol. The van der Waals surface area contributed by atoms with Gasteiger partial charge in [0.25, 0.3) is 5.56 Å². The fourth-order valence-electron chi connectivity index (χ4n) is 4.19. The van der Waals surface area contributed by atoms with Gasteiger partial charge in [0.1, 0.15) is 5.75 Å². The Morgan fingerprint density at radius 1 is 1.03 bits per heavy atom. The third-order valence-corrected chi connectivity index (χ3v) is 5.79. The highest BCUT2D eigenvalue weighted by Crippen LogP contribution is 2.32. The topological polar surface area (TPSA) is 95.7 Å². The third kappa shape index (κ3) is 3.16. The average molecular weight is 445 g/mol. The SMILES string of the molecule is COc1ccccc1-n1c(-c2ccccc2)cn2c3c(=O)n(CCCO)c(=O)n(C)c3nc12. The maximum atomic E-state index is 13.4. The first-order valence-corrected chi connectivity index (χ1v) is 10.6. The molecule has 9 nitrogen and oxygen atoms in total. The van der Waals surface area contributed by atoms with E-state index in [9.17, 15) is 14.7 Å². The van der Waals surface area contributed by atoms with Crippen molar-refractivity contribution in [2.24, 2.45) is 7.05 Å². The average Bonchev–Trinajstić information content (AvgIpc) is 3.39. The fourth-order valence-corrected chi connectivity index (χ4v) is 4.19. The quantitative estimate of drug-likeness (QED) is 0.432. The Bertz CT molecular complexity index is 1590. The summed E-state index contributed by atoms with van der Waals surface area (Å²) in [6, 6.07) is 17.4. The second-order valence-electron chi connectivity index (χ2n) is 7.72. The number of imidazole rings is 2. The molecule has 0 aliphatic heterocycles. The number of benzene rings is 2. The number of aliphatic hydroxyl groups excluding tert-OH is 1. The molecule has 0 saturated carbocycles. The van der Waals surface area contributed by atoms with Gasteiger partial charge in [0, 0.05) is 32.0 Å². The molecule has 0 amide bonds. The molecule has 0 spiro atoms. The fraction of sp³-hybridized carbons (Fsp3) is 0.208. The van der Waals surface area contributed by atoms with Gasteiger partial charge in [-0.3, -0.25) is 22.9 Å². The monoisotopic (exact) mass is 445 g/mol. The molecule has 0 fully saturated rings. The number of para-hydroxylation sites is 2. The zero-order chi connectivity index (χ0) is 23.1. The minimum Gasteiger partial charge on any atom is -0.495 e. The summed E-state index contributed by atoms with van der Waals surface area (Å²) in [5.41, 5.74) is 2.21. The first kappa shape index (κ1) is 20.8. The number of rotatable bonds is 6. The molecule has 0 aliphatic rings. The van der Waals surface area contributed by atoms with Crippen molar-refractivity contribution in [1.82, 2.24) is 23.1 Å². The molecular formula is C24H23N5O4. The van der Waals surface area contributed by atoms with E-state index in [1.807, 2.05) is 65.4 Å². The van der Waals surface area contributed by atoms with Crippen LogP contribution >= 0.6 is 0 Å². The molecule has 0 saturated heterocycles. The van der Waals surface area contributed by atoms with Gasteiger partial charge in [-0.05, 0) is 18.6 Å². The molecule has 0 unspecified atom stereocenters. The highest BCUT2D eigenvalue weighted by Gasteiger charge is 2.23. The number of aryl methyl sites for hydroxylation is 1. The van der Waals surface area contributed by atoms with Crippen molar-refractivity contribution in [3.8, 4) is 22.7 Å². The molecule has 0 atom stereocenters. The Morgan fingerprint density at radius 3 is 2.48 bits per heavy atom. The van der Waals surface area contributed by atoms with Gasteiger partial charge < -0.3 is 9.84 Å². The van der Waals surface area contributed by atoms with E-state index in [0.29, 0.717) is 29.1 Å². The number of aromatic nitrogens is 5. The first-order chi connectivity index (χ1) is 16.1. The Morgan fingerprint density at radius 2 is 1.76 bits per heavy atom. The lowest BCUT2D eigenvalue weighted by molar-refractivity contribution is 0.277. The van der Waals surface area contributed by atoms with E-state index < -0.39 is 11.2 Å². The van der Waals surface area contributed by atoms with Crippen LogP contribution in [0, 0.1) is 0 Å². The highest BCUT2D eigenvalue weighted by atomic mass is 16.5. The van der Waals surface area contributed by atoms with E-state index in [1.54, 1.807) is 18.6 Å². The Balaban J connectivity index is 1.93. The number of hydrogen-bond donors (Lipinski definition) is 1. The molecule has 168 valence electrons. The van der Waals surface area contributed by atoms with Gasteiger partial charge in [0.05, 0.1) is 18.5 Å². The van der Waals surface area contributed by atoms with Crippen LogP contribution in [0.2, 0.25) is 0 Å². The third-order valence-electron chi connectivity index (χ3n) is 5.79. The summed E-state index contributed by atoms with van der Waals surface area (Å²) < 4.78 is 11.8. The van der Waals surface area contributed by atoms with Gasteiger partial charge in [0.2, 0.25) is 5.78 Å². The highest BCUT2D eigenvalue weighted by molar-refractivity contribution is 5.80. The maximum absolute atomic E-state index is 13.4. The van der Waals surface area contributed by atoms with Crippen LogP contribution < -0.4 is 16.0 Å². The van der Waals surface area contributed by atoms with Gasteiger partial charge in [-0.2, -0.15) is 4.98 Å². The largest absolute Gasteiger partial charge is 0.495 e. The van der Waals surface area contributed by atoms with Crippen molar-refractivity contribution in [3.63, 3.8) is 0 Å². The van der Waals surface area contributed by atoms with Gasteiger partial charge >= 0.3 is 5.69 Å². The Kier molecular flexibility index (Phi) is 5.10. The van der Waals surface area contributed by atoms with Crippen LogP contribution in [0.15, 0.2) is 70.4 Å². The molecule has 0 radical (unpaired) electrons. The molecule has 0 bridgehead atoms. The number of nitrogens with zero attached hydrogens (tertiary/aromatic N) is 5. The van der Waals surface area contributed by atoms with Gasteiger partial charge in [-0.15, -0.1) is 0 Å². The standard InChI is InChI=1S/C24H23N5O4/c1-26-21-20(22(31)27(24(26)32)13-8-14-30)28-15-18(16-9-4-3-5-10-16)29(23(28)25-21)17-11-6-7-12-19(17)33-2/h3-7,9-12,15,30H,8,13-14H2,1-2H3. The predicted molar refractivity (Wildman–Crippen MR) is 125 cm³/mol. The van der Waals surface area contributed by atoms with Crippen molar-refractivity contribution < 1.29 is 9.84 Å². The summed E-state index contributed by atoms with van der Waals surface area (Å²) in [7, 11) is 3.20. The molecule has 9 heteroatoms. The lowest BCUT2D eigenvalue weighted by Crippen LogP contribution is -2.39. The Hall–Kier alpha value is -4.11. The normalized spacial score (nSPS) is 11.5. The molecule has 5 rings (SSSR count). The summed E-state index contributed by atoms with van der Waals surface area (Å²) in [4.78, 5) is 30.9. The van der Waals surface area contributed by atoms with E-state index in [1.165, 1.54) is 4.57 Å². The van der Waals surface area contributed by atoms with E-state index in [0.717, 1.165) is 21.5 Å². The Labute approximate surface area is 188 Å². The minimum atomic E-state index is -0.464. The van der Waals surface area contributed by atoms with Crippen LogP contribution in [0.3, 0.4) is 0 Å². The van der Waals surface area contributed by atoms with Gasteiger partial charge in [0.15, 0.2) is 11.2 Å². The van der Waals surface area contributed by atoms with Gasteiger partial charge in [-0.25, -0.2) is 4.79 Å². The second-order valence-corrected chi connectivity index (χ2v) is 7.72. The van der Waals surface area contributed by atoms with Crippen LogP contribution in [0.4, 0.5) is 0 Å². The summed E-state index contributed by atoms with van der Waals surface area (Å²) >= 11 is 0. The zero-order valence-electron chi connectivity index (χ0n) is 18.3. The van der Waals surface area contributed by atoms with Crippen LogP contribution in [-0.2, 0) is 13.6 Å². The van der Waals surface area contributed by atoms with E-state index in [4.69, 9.17) is 9.72 Å². The van der Waals surface area contributed by atoms with Crippen LogP contribution in [0.1, 0.15) is 6.42 Å². The number of ether oxygens (including phenoxy) is 1. The zero-order valence-corrected chi connectivity index (χ0v) is 18.3. The van der Waals surface area contributed by atoms with Crippen molar-refractivity contribution in [1.29, 1.82) is 0 Å². The molecule has 33 heavy (non-hydrogen) atoms. The van der Waals surface area contributed by atoms with Crippen molar-refractivity contribution in [2.75, 3.05) is 13.7 Å². The number of hydrogen-bond acceptors (Lipinski definition) is 5. The smallest absolute Gasteiger partial charge is 0.332 e. The summed E-state index contributed by atoms with van der Waals surface area (Å²) in [6.45, 7) is 0.0156. The molecule has 5 aromatic rings. The molecule has 3 aromatic heterocycles. The van der Waals surface area contributed by atoms with Crippen LogP contribution in [0.5, 0.6) is 5.75 Å². The number of methoxy groups -OCH3 is 1. The molecule has 2 aromatic carbocycles. The van der Waals surface area contributed by atoms with Crippen molar-refractivity contribution >= 4 is 16.9 Å². The molecule has 1 N–H and O–H groups in total. The van der Waals surface area contributed by atoms with Gasteiger partial charge in [-0.1, -0.05) is 42.5 Å². The lowest BCUT2D eigenvalue weighted by atomic mass is 10.1. The maximum Gasteiger partial charge on any atom is 0.332 e.